The van der Waals surface area contributed by atoms with Crippen molar-refractivity contribution in [1.82, 2.24) is 15.0 Å². The van der Waals surface area contributed by atoms with Gasteiger partial charge in [-0.25, -0.2) is 13.5 Å². The van der Waals surface area contributed by atoms with Gasteiger partial charge in [-0.05, 0) is 24.3 Å². The van der Waals surface area contributed by atoms with Gasteiger partial charge in [-0.1, -0.05) is 23.4 Å². The van der Waals surface area contributed by atoms with Crippen LogP contribution in [0.1, 0.15) is 5.56 Å². The van der Waals surface area contributed by atoms with Crippen LogP contribution in [0.3, 0.4) is 0 Å². The predicted molar refractivity (Wildman–Crippen MR) is 86.2 cm³/mol. The van der Waals surface area contributed by atoms with E-state index in [1.54, 1.807) is 0 Å². The van der Waals surface area contributed by atoms with Crippen molar-refractivity contribution in [3.8, 4) is 11.1 Å². The molecule has 0 saturated carbocycles. The number of hydrogen-bond acceptors (Lipinski definition) is 3. The molecule has 3 aromatic rings. The summed E-state index contributed by atoms with van der Waals surface area (Å²) in [6, 6.07) is 7.03. The standard InChI is InChI=1S/C17H13F5N4/c18-11(5-6-23)9-26-15-8-10(17(20,21)22)7-13(16(15)24-25-26)12-3-1-2-4-14(12)19/h1-5,7-8H,6,9,23H2/b11-5-. The van der Waals surface area contributed by atoms with Crippen molar-refractivity contribution in [3.63, 3.8) is 0 Å². The molecule has 26 heavy (non-hydrogen) atoms. The van der Waals surface area contributed by atoms with E-state index in [0.29, 0.717) is 0 Å². The summed E-state index contributed by atoms with van der Waals surface area (Å²) >= 11 is 0. The number of nitrogens with two attached hydrogens (primary N) is 1. The number of halogens is 5. The molecular weight excluding hydrogens is 355 g/mol. The molecular formula is C17H13F5N4. The Labute approximate surface area is 144 Å². The second-order valence-electron chi connectivity index (χ2n) is 5.50. The highest BCUT2D eigenvalue weighted by atomic mass is 19.4. The number of aromatic nitrogens is 3. The van der Waals surface area contributed by atoms with E-state index in [1.165, 1.54) is 18.2 Å². The predicted octanol–water partition coefficient (Wildman–Crippen LogP) is 4.07. The molecule has 1 heterocycles. The zero-order valence-electron chi connectivity index (χ0n) is 13.3. The lowest BCUT2D eigenvalue weighted by Gasteiger charge is -2.11. The maximum atomic E-state index is 14.1. The third kappa shape index (κ3) is 3.43. The van der Waals surface area contributed by atoms with E-state index in [2.05, 4.69) is 10.3 Å². The van der Waals surface area contributed by atoms with Crippen LogP contribution in [0.2, 0.25) is 0 Å². The average molecular weight is 368 g/mol. The minimum Gasteiger partial charge on any atom is -0.327 e. The minimum absolute atomic E-state index is 0.0450. The van der Waals surface area contributed by atoms with Gasteiger partial charge in [0.25, 0.3) is 0 Å². The van der Waals surface area contributed by atoms with Crippen molar-refractivity contribution in [2.75, 3.05) is 6.54 Å². The van der Waals surface area contributed by atoms with Gasteiger partial charge in [0.05, 0.1) is 17.6 Å². The summed E-state index contributed by atoms with van der Waals surface area (Å²) in [4.78, 5) is 0. The molecule has 0 bridgehead atoms. The quantitative estimate of drug-likeness (QED) is 0.707. The van der Waals surface area contributed by atoms with Crippen LogP contribution >= 0.6 is 0 Å². The van der Waals surface area contributed by atoms with Crippen LogP contribution in [-0.4, -0.2) is 21.5 Å². The van der Waals surface area contributed by atoms with Gasteiger partial charge in [0.15, 0.2) is 0 Å². The van der Waals surface area contributed by atoms with E-state index in [-0.39, 0.29) is 28.7 Å². The topological polar surface area (TPSA) is 56.7 Å². The van der Waals surface area contributed by atoms with Crippen molar-refractivity contribution in [2.45, 2.75) is 12.7 Å². The van der Waals surface area contributed by atoms with Gasteiger partial charge >= 0.3 is 6.18 Å². The molecule has 0 atom stereocenters. The fourth-order valence-corrected chi connectivity index (χ4v) is 2.57. The maximum absolute atomic E-state index is 14.1. The van der Waals surface area contributed by atoms with Crippen LogP contribution in [0.15, 0.2) is 48.3 Å². The molecule has 0 aliphatic heterocycles. The molecule has 3 rings (SSSR count). The van der Waals surface area contributed by atoms with E-state index < -0.39 is 29.9 Å². The van der Waals surface area contributed by atoms with Crippen molar-refractivity contribution < 1.29 is 22.0 Å². The zero-order chi connectivity index (χ0) is 18.9. The molecule has 0 radical (unpaired) electrons. The highest BCUT2D eigenvalue weighted by Crippen LogP contribution is 2.37. The van der Waals surface area contributed by atoms with Gasteiger partial charge < -0.3 is 5.73 Å². The molecule has 0 aliphatic carbocycles. The number of nitrogens with zero attached hydrogens (tertiary/aromatic N) is 3. The number of alkyl halides is 3. The number of hydrogen-bond donors (Lipinski definition) is 1. The molecule has 4 nitrogen and oxygen atoms in total. The normalized spacial score (nSPS) is 12.8. The van der Waals surface area contributed by atoms with E-state index in [1.807, 2.05) is 0 Å². The zero-order valence-corrected chi connectivity index (χ0v) is 13.3. The summed E-state index contributed by atoms with van der Waals surface area (Å²) in [7, 11) is 0. The van der Waals surface area contributed by atoms with Crippen LogP contribution in [0, 0.1) is 5.82 Å². The Morgan fingerprint density at radius 2 is 1.88 bits per heavy atom. The summed E-state index contributed by atoms with van der Waals surface area (Å²) in [6.07, 6.45) is -3.59. The third-order valence-electron chi connectivity index (χ3n) is 3.75. The van der Waals surface area contributed by atoms with Gasteiger partial charge in [-0.3, -0.25) is 0 Å². The van der Waals surface area contributed by atoms with E-state index in [4.69, 9.17) is 5.73 Å². The van der Waals surface area contributed by atoms with Crippen LogP contribution in [0.5, 0.6) is 0 Å². The van der Waals surface area contributed by atoms with Crippen molar-refractivity contribution in [3.05, 3.63) is 59.7 Å². The molecule has 1 aromatic heterocycles. The number of allylic oxidation sites excluding steroid dienone is 1. The van der Waals surface area contributed by atoms with E-state index >= 15 is 0 Å². The van der Waals surface area contributed by atoms with Crippen LogP contribution in [-0.2, 0) is 12.7 Å². The maximum Gasteiger partial charge on any atom is 0.416 e. The van der Waals surface area contributed by atoms with Gasteiger partial charge in [0.2, 0.25) is 0 Å². The summed E-state index contributed by atoms with van der Waals surface area (Å²) in [6.45, 7) is -0.488. The largest absolute Gasteiger partial charge is 0.416 e. The Hall–Kier alpha value is -2.81. The fraction of sp³-hybridized carbons (Fsp3) is 0.176. The molecule has 0 aliphatic rings. The highest BCUT2D eigenvalue weighted by molar-refractivity contribution is 5.92. The fourth-order valence-electron chi connectivity index (χ4n) is 2.57. The van der Waals surface area contributed by atoms with Crippen LogP contribution in [0.25, 0.3) is 22.2 Å². The van der Waals surface area contributed by atoms with Crippen molar-refractivity contribution in [1.29, 1.82) is 0 Å². The first-order valence-electron chi connectivity index (χ1n) is 7.55. The molecule has 2 aromatic carbocycles. The first-order valence-corrected chi connectivity index (χ1v) is 7.55. The Kier molecular flexibility index (Phi) is 4.73. The number of benzene rings is 2. The Morgan fingerprint density at radius 1 is 1.15 bits per heavy atom. The summed E-state index contributed by atoms with van der Waals surface area (Å²) < 4.78 is 68.7. The lowest BCUT2D eigenvalue weighted by Crippen LogP contribution is -2.07. The average Bonchev–Trinajstić information content (AvgIpc) is 2.97. The minimum atomic E-state index is -4.67. The van der Waals surface area contributed by atoms with Gasteiger partial charge in [-0.2, -0.15) is 13.2 Å². The monoisotopic (exact) mass is 368 g/mol. The smallest absolute Gasteiger partial charge is 0.327 e. The van der Waals surface area contributed by atoms with Crippen molar-refractivity contribution >= 4 is 11.0 Å². The second-order valence-corrected chi connectivity index (χ2v) is 5.50. The Balaban J connectivity index is 2.26. The molecule has 0 amide bonds. The lowest BCUT2D eigenvalue weighted by molar-refractivity contribution is -0.137. The molecule has 2 N–H and O–H groups in total. The molecule has 136 valence electrons. The van der Waals surface area contributed by atoms with E-state index in [0.717, 1.165) is 29.0 Å². The van der Waals surface area contributed by atoms with Crippen LogP contribution < -0.4 is 5.73 Å². The Morgan fingerprint density at radius 3 is 2.54 bits per heavy atom. The number of fused-ring (bicyclic) bond motifs is 1. The molecule has 0 saturated heterocycles. The lowest BCUT2D eigenvalue weighted by atomic mass is 10.0. The first kappa shape index (κ1) is 18.0. The summed E-state index contributed by atoms with van der Waals surface area (Å²) in [5, 5.41) is 7.54. The third-order valence-corrected chi connectivity index (χ3v) is 3.75. The summed E-state index contributed by atoms with van der Waals surface area (Å²) in [5.74, 6) is -1.36. The van der Waals surface area contributed by atoms with Crippen molar-refractivity contribution in [2.24, 2.45) is 5.73 Å². The molecule has 0 fully saturated rings. The summed E-state index contributed by atoms with van der Waals surface area (Å²) in [5.41, 5.74) is 4.09. The number of rotatable bonds is 4. The van der Waals surface area contributed by atoms with Gasteiger partial charge in [0.1, 0.15) is 17.2 Å². The SMILES string of the molecule is NC/C=C(\F)Cn1nnc2c(-c3ccccc3F)cc(C(F)(F)F)cc21. The van der Waals surface area contributed by atoms with Gasteiger partial charge in [0, 0.05) is 17.7 Å². The highest BCUT2D eigenvalue weighted by Gasteiger charge is 2.32. The van der Waals surface area contributed by atoms with E-state index in [9.17, 15) is 22.0 Å². The second kappa shape index (κ2) is 6.83. The first-order chi connectivity index (χ1) is 12.3. The van der Waals surface area contributed by atoms with Gasteiger partial charge in [-0.15, -0.1) is 5.10 Å². The molecule has 9 heteroatoms. The Bertz CT molecular complexity index is 975. The molecule has 0 spiro atoms. The van der Waals surface area contributed by atoms with Crippen LogP contribution in [0.4, 0.5) is 22.0 Å². The molecule has 0 unspecified atom stereocenters.